The van der Waals surface area contributed by atoms with Gasteiger partial charge in [-0.1, -0.05) is 23.2 Å². The molecule has 0 saturated heterocycles. The SMILES string of the molecule is COc1cc2c(cc1OC)C1(C)N(CC2)C(C(=O)Nc2ccc(Cl)cc2)=NN1c1ccc(Cl)cc1. The quantitative estimate of drug-likeness (QED) is 0.489. The van der Waals surface area contributed by atoms with E-state index in [2.05, 4.69) is 12.2 Å². The maximum Gasteiger partial charge on any atom is 0.293 e. The van der Waals surface area contributed by atoms with Gasteiger partial charge in [0.15, 0.2) is 17.2 Å². The third kappa shape index (κ3) is 3.94. The Morgan fingerprint density at radius 2 is 1.57 bits per heavy atom. The van der Waals surface area contributed by atoms with Gasteiger partial charge in [-0.25, -0.2) is 5.01 Å². The minimum absolute atomic E-state index is 0.307. The molecule has 2 aliphatic rings. The Kier molecular flexibility index (Phi) is 5.99. The van der Waals surface area contributed by atoms with Crippen LogP contribution in [-0.2, 0) is 16.9 Å². The molecule has 0 bridgehead atoms. The summed E-state index contributed by atoms with van der Waals surface area (Å²) in [4.78, 5) is 15.5. The van der Waals surface area contributed by atoms with Crippen molar-refractivity contribution in [2.45, 2.75) is 19.0 Å². The molecule has 0 fully saturated rings. The van der Waals surface area contributed by atoms with E-state index < -0.39 is 5.66 Å². The van der Waals surface area contributed by atoms with Crippen LogP contribution in [0.1, 0.15) is 18.1 Å². The topological polar surface area (TPSA) is 66.4 Å². The van der Waals surface area contributed by atoms with Gasteiger partial charge in [0.2, 0.25) is 5.84 Å². The van der Waals surface area contributed by atoms with E-state index in [-0.39, 0.29) is 5.91 Å². The maximum atomic E-state index is 13.5. The fraction of sp³-hybridized carbons (Fsp3) is 0.231. The first-order chi connectivity index (χ1) is 16.8. The van der Waals surface area contributed by atoms with E-state index in [1.807, 2.05) is 46.3 Å². The lowest BCUT2D eigenvalue weighted by Gasteiger charge is -2.46. The number of anilines is 2. The molecule has 1 amide bonds. The zero-order valence-electron chi connectivity index (χ0n) is 19.5. The van der Waals surface area contributed by atoms with Gasteiger partial charge in [0.05, 0.1) is 19.9 Å². The van der Waals surface area contributed by atoms with Gasteiger partial charge >= 0.3 is 0 Å². The van der Waals surface area contributed by atoms with Crippen LogP contribution in [0.2, 0.25) is 10.0 Å². The Morgan fingerprint density at radius 3 is 2.20 bits per heavy atom. The molecule has 0 radical (unpaired) electrons. The summed E-state index contributed by atoms with van der Waals surface area (Å²) in [6.45, 7) is 2.65. The van der Waals surface area contributed by atoms with Crippen molar-refractivity contribution in [2.24, 2.45) is 5.10 Å². The smallest absolute Gasteiger partial charge is 0.293 e. The zero-order valence-corrected chi connectivity index (χ0v) is 21.0. The van der Waals surface area contributed by atoms with Crippen LogP contribution >= 0.6 is 23.2 Å². The summed E-state index contributed by atoms with van der Waals surface area (Å²) in [5.41, 5.74) is 2.74. The summed E-state index contributed by atoms with van der Waals surface area (Å²) in [5, 5.41) is 10.9. The number of ether oxygens (including phenoxy) is 2. The molecule has 35 heavy (non-hydrogen) atoms. The van der Waals surface area contributed by atoms with E-state index in [0.29, 0.717) is 46.0 Å². The van der Waals surface area contributed by atoms with Crippen LogP contribution in [-0.4, -0.2) is 37.4 Å². The Labute approximate surface area is 213 Å². The minimum Gasteiger partial charge on any atom is -0.493 e. The Bertz CT molecular complexity index is 1310. The summed E-state index contributed by atoms with van der Waals surface area (Å²) in [5.74, 6) is 1.29. The number of benzene rings is 3. The van der Waals surface area contributed by atoms with Crippen molar-refractivity contribution in [3.8, 4) is 11.5 Å². The number of carbonyl (C=O) groups excluding carboxylic acids is 1. The van der Waals surface area contributed by atoms with Crippen LogP contribution in [0.15, 0.2) is 65.8 Å². The molecular formula is C26H24Cl2N4O3. The third-order valence-electron chi connectivity index (χ3n) is 6.49. The molecule has 0 spiro atoms. The normalized spacial score (nSPS) is 18.5. The molecule has 5 rings (SSSR count). The van der Waals surface area contributed by atoms with Crippen LogP contribution in [0.5, 0.6) is 11.5 Å². The van der Waals surface area contributed by atoms with Crippen LogP contribution < -0.4 is 19.8 Å². The average Bonchev–Trinajstić information content (AvgIpc) is 3.18. The fourth-order valence-corrected chi connectivity index (χ4v) is 4.98. The zero-order chi connectivity index (χ0) is 24.7. The second kappa shape index (κ2) is 8.98. The van der Waals surface area contributed by atoms with Gasteiger partial charge in [-0.15, -0.1) is 5.10 Å². The van der Waals surface area contributed by atoms with Gasteiger partial charge < -0.3 is 19.7 Å². The Morgan fingerprint density at radius 1 is 0.971 bits per heavy atom. The van der Waals surface area contributed by atoms with Gasteiger partial charge in [0.25, 0.3) is 5.91 Å². The summed E-state index contributed by atoms with van der Waals surface area (Å²) in [7, 11) is 3.24. The Hall–Kier alpha value is -3.42. The molecule has 1 N–H and O–H groups in total. The highest BCUT2D eigenvalue weighted by molar-refractivity contribution is 6.43. The van der Waals surface area contributed by atoms with E-state index in [9.17, 15) is 4.79 Å². The predicted octanol–water partition coefficient (Wildman–Crippen LogP) is 5.51. The number of hydrazone groups is 1. The van der Waals surface area contributed by atoms with Crippen molar-refractivity contribution in [1.82, 2.24) is 4.90 Å². The summed E-state index contributed by atoms with van der Waals surface area (Å²) >= 11 is 12.2. The molecule has 0 aliphatic carbocycles. The van der Waals surface area contributed by atoms with E-state index in [1.54, 1.807) is 38.5 Å². The minimum atomic E-state index is -0.784. The second-order valence-corrected chi connectivity index (χ2v) is 9.33. The molecule has 0 aromatic heterocycles. The first-order valence-corrected chi connectivity index (χ1v) is 11.8. The number of hydrogen-bond acceptors (Lipinski definition) is 6. The van der Waals surface area contributed by atoms with Gasteiger partial charge in [0.1, 0.15) is 0 Å². The summed E-state index contributed by atoms with van der Waals surface area (Å²) in [6.07, 6.45) is 0.715. The van der Waals surface area contributed by atoms with Crippen LogP contribution in [0, 0.1) is 0 Å². The van der Waals surface area contributed by atoms with Gasteiger partial charge in [-0.2, -0.15) is 0 Å². The number of methoxy groups -OCH3 is 2. The first kappa shape index (κ1) is 23.3. The van der Waals surface area contributed by atoms with Gasteiger partial charge in [-0.3, -0.25) is 4.79 Å². The molecule has 1 unspecified atom stereocenters. The highest BCUT2D eigenvalue weighted by Crippen LogP contribution is 2.47. The van der Waals surface area contributed by atoms with Crippen molar-refractivity contribution in [2.75, 3.05) is 31.1 Å². The van der Waals surface area contributed by atoms with E-state index >= 15 is 0 Å². The average molecular weight is 511 g/mol. The van der Waals surface area contributed by atoms with Crippen molar-refractivity contribution < 1.29 is 14.3 Å². The van der Waals surface area contributed by atoms with Crippen molar-refractivity contribution in [1.29, 1.82) is 0 Å². The predicted molar refractivity (Wildman–Crippen MR) is 139 cm³/mol. The lowest BCUT2D eigenvalue weighted by atomic mass is 9.87. The highest BCUT2D eigenvalue weighted by atomic mass is 35.5. The van der Waals surface area contributed by atoms with Crippen LogP contribution in [0.25, 0.3) is 0 Å². The van der Waals surface area contributed by atoms with E-state index in [4.69, 9.17) is 37.8 Å². The maximum absolute atomic E-state index is 13.5. The number of fused-ring (bicyclic) bond motifs is 3. The molecule has 2 aliphatic heterocycles. The number of nitrogens with zero attached hydrogens (tertiary/aromatic N) is 3. The highest BCUT2D eigenvalue weighted by Gasteiger charge is 2.52. The summed E-state index contributed by atoms with van der Waals surface area (Å²) in [6, 6.07) is 18.4. The fourth-order valence-electron chi connectivity index (χ4n) is 4.73. The van der Waals surface area contributed by atoms with E-state index in [1.165, 1.54) is 0 Å². The molecule has 2 heterocycles. The van der Waals surface area contributed by atoms with E-state index in [0.717, 1.165) is 16.8 Å². The van der Waals surface area contributed by atoms with Gasteiger partial charge in [-0.05, 0) is 79.6 Å². The lowest BCUT2D eigenvalue weighted by Crippen LogP contribution is -2.56. The number of amides is 1. The van der Waals surface area contributed by atoms with Crippen LogP contribution in [0.3, 0.4) is 0 Å². The number of hydrogen-bond donors (Lipinski definition) is 1. The van der Waals surface area contributed by atoms with Gasteiger partial charge in [0, 0.05) is 27.8 Å². The molecule has 0 saturated carbocycles. The number of rotatable bonds is 5. The largest absolute Gasteiger partial charge is 0.493 e. The lowest BCUT2D eigenvalue weighted by molar-refractivity contribution is -0.111. The van der Waals surface area contributed by atoms with Crippen LogP contribution in [0.4, 0.5) is 11.4 Å². The van der Waals surface area contributed by atoms with Crippen molar-refractivity contribution in [3.05, 3.63) is 81.8 Å². The first-order valence-electron chi connectivity index (χ1n) is 11.1. The second-order valence-electron chi connectivity index (χ2n) is 8.46. The molecule has 7 nitrogen and oxygen atoms in total. The number of amidine groups is 1. The molecule has 9 heteroatoms. The molecular weight excluding hydrogens is 487 g/mol. The Balaban J connectivity index is 1.61. The number of nitrogens with one attached hydrogen (secondary N) is 1. The number of halogens is 2. The number of carbonyl (C=O) groups is 1. The molecule has 3 aromatic rings. The molecule has 1 atom stereocenters. The molecule has 3 aromatic carbocycles. The van der Waals surface area contributed by atoms with Crippen molar-refractivity contribution in [3.63, 3.8) is 0 Å². The van der Waals surface area contributed by atoms with Crippen molar-refractivity contribution >= 4 is 46.3 Å². The molecule has 180 valence electrons. The standard InChI is InChI=1S/C26H24Cl2N4O3/c1-26-21-15-23(35-3)22(34-2)14-16(21)12-13-31(26)24(25(33)29-19-8-4-17(27)5-9-19)30-32(26)20-10-6-18(28)7-11-20/h4-11,14-15H,12-13H2,1-3H3,(H,29,33). The monoisotopic (exact) mass is 510 g/mol. The third-order valence-corrected chi connectivity index (χ3v) is 6.99. The summed E-state index contributed by atoms with van der Waals surface area (Å²) < 4.78 is 11.1.